The summed E-state index contributed by atoms with van der Waals surface area (Å²) in [6, 6.07) is 8.77. The average molecular weight is 259 g/mol. The molecular formula is C15H23N4+. The second-order valence-corrected chi connectivity index (χ2v) is 5.00. The fourth-order valence-corrected chi connectivity index (χ4v) is 2.04. The lowest BCUT2D eigenvalue weighted by Gasteiger charge is -2.12. The van der Waals surface area contributed by atoms with Crippen LogP contribution in [0, 0.1) is 0 Å². The predicted molar refractivity (Wildman–Crippen MR) is 78.1 cm³/mol. The van der Waals surface area contributed by atoms with Crippen LogP contribution in [0.5, 0.6) is 0 Å². The van der Waals surface area contributed by atoms with Crippen LogP contribution >= 0.6 is 0 Å². The highest BCUT2D eigenvalue weighted by Crippen LogP contribution is 2.11. The van der Waals surface area contributed by atoms with Gasteiger partial charge < -0.3 is 14.8 Å². The third-order valence-electron chi connectivity index (χ3n) is 3.22. The number of imidazole rings is 1. The maximum Gasteiger partial charge on any atom is 0.101 e. The first-order valence-electron chi connectivity index (χ1n) is 6.79. The van der Waals surface area contributed by atoms with Crippen LogP contribution in [0.25, 0.3) is 0 Å². The Kier molecular flexibility index (Phi) is 4.98. The molecule has 0 aliphatic carbocycles. The number of nitrogens with zero attached hydrogens (tertiary/aromatic N) is 3. The molecular weight excluding hydrogens is 236 g/mol. The summed E-state index contributed by atoms with van der Waals surface area (Å²) in [7, 11) is 4.13. The molecule has 0 saturated heterocycles. The zero-order valence-corrected chi connectivity index (χ0v) is 11.8. The van der Waals surface area contributed by atoms with Gasteiger partial charge in [-0.05, 0) is 12.1 Å². The zero-order valence-electron chi connectivity index (χ0n) is 11.8. The van der Waals surface area contributed by atoms with Gasteiger partial charge in [-0.3, -0.25) is 0 Å². The molecule has 4 heteroatoms. The van der Waals surface area contributed by atoms with Crippen molar-refractivity contribution in [2.45, 2.75) is 19.5 Å². The maximum absolute atomic E-state index is 4.04. The van der Waals surface area contributed by atoms with E-state index in [1.165, 1.54) is 17.7 Å². The summed E-state index contributed by atoms with van der Waals surface area (Å²) < 4.78 is 2.12. The maximum atomic E-state index is 4.04. The Morgan fingerprint density at radius 1 is 1.21 bits per heavy atom. The van der Waals surface area contributed by atoms with Gasteiger partial charge in [0.15, 0.2) is 0 Å². The lowest BCUT2D eigenvalue weighted by molar-refractivity contribution is -0.671. The predicted octanol–water partition coefficient (Wildman–Crippen LogP) is 1.10. The molecule has 0 amide bonds. The molecule has 0 spiro atoms. The number of hydrogen-bond acceptors (Lipinski definition) is 2. The molecule has 0 radical (unpaired) electrons. The van der Waals surface area contributed by atoms with Gasteiger partial charge in [-0.15, -0.1) is 0 Å². The second kappa shape index (κ2) is 6.95. The molecule has 2 rings (SSSR count). The molecule has 1 aromatic carbocycles. The van der Waals surface area contributed by atoms with E-state index in [0.717, 1.165) is 19.6 Å². The Hall–Kier alpha value is -1.81. The monoisotopic (exact) mass is 259 g/mol. The van der Waals surface area contributed by atoms with Crippen LogP contribution in [0.15, 0.2) is 43.0 Å². The number of anilines is 1. The van der Waals surface area contributed by atoms with Crippen LogP contribution in [0.4, 0.5) is 5.69 Å². The molecule has 1 aromatic heterocycles. The van der Waals surface area contributed by atoms with Crippen molar-refractivity contribution in [1.82, 2.24) is 9.55 Å². The molecule has 0 fully saturated rings. The number of aryl methyl sites for hydroxylation is 1. The van der Waals surface area contributed by atoms with Gasteiger partial charge in [0.2, 0.25) is 0 Å². The van der Waals surface area contributed by atoms with Crippen molar-refractivity contribution < 1.29 is 5.32 Å². The Labute approximate surface area is 115 Å². The minimum atomic E-state index is 1.05. The zero-order chi connectivity index (χ0) is 13.5. The Morgan fingerprint density at radius 3 is 2.63 bits per heavy atom. The minimum absolute atomic E-state index is 1.05. The van der Waals surface area contributed by atoms with Gasteiger partial charge in [-0.1, -0.05) is 12.1 Å². The summed E-state index contributed by atoms with van der Waals surface area (Å²) in [4.78, 5) is 6.16. The molecule has 19 heavy (non-hydrogen) atoms. The molecule has 0 aliphatic heterocycles. The lowest BCUT2D eigenvalue weighted by Crippen LogP contribution is -2.82. The van der Waals surface area contributed by atoms with Crippen LogP contribution in [0.3, 0.4) is 0 Å². The van der Waals surface area contributed by atoms with E-state index in [0.29, 0.717) is 0 Å². The highest BCUT2D eigenvalue weighted by Gasteiger charge is 1.98. The summed E-state index contributed by atoms with van der Waals surface area (Å²) in [5.74, 6) is 0. The van der Waals surface area contributed by atoms with E-state index >= 15 is 0 Å². The first-order chi connectivity index (χ1) is 9.25. The van der Waals surface area contributed by atoms with Crippen molar-refractivity contribution in [3.63, 3.8) is 0 Å². The first kappa shape index (κ1) is 13.6. The fourth-order valence-electron chi connectivity index (χ4n) is 2.04. The van der Waals surface area contributed by atoms with E-state index in [9.17, 15) is 0 Å². The number of quaternary nitrogens is 1. The van der Waals surface area contributed by atoms with E-state index in [-0.39, 0.29) is 0 Å². The second-order valence-electron chi connectivity index (χ2n) is 5.00. The van der Waals surface area contributed by atoms with Crippen molar-refractivity contribution in [3.8, 4) is 0 Å². The molecule has 2 aromatic rings. The van der Waals surface area contributed by atoms with E-state index in [1.54, 1.807) is 0 Å². The summed E-state index contributed by atoms with van der Waals surface area (Å²) in [6.45, 7) is 3.25. The molecule has 1 heterocycles. The van der Waals surface area contributed by atoms with Gasteiger partial charge in [-0.2, -0.15) is 0 Å². The Morgan fingerprint density at radius 2 is 2.00 bits per heavy atom. The number of hydrogen-bond donors (Lipinski definition) is 1. The summed E-state index contributed by atoms with van der Waals surface area (Å²) in [6.07, 6.45) is 6.89. The molecule has 0 unspecified atom stereocenters. The van der Waals surface area contributed by atoms with E-state index < -0.39 is 0 Å². The van der Waals surface area contributed by atoms with Gasteiger partial charge in [0.25, 0.3) is 0 Å². The van der Waals surface area contributed by atoms with Gasteiger partial charge in [0.1, 0.15) is 6.54 Å². The molecule has 0 aliphatic rings. The SMILES string of the molecule is CN(C)c1ccc(C[NH2+]CCCn2ccnc2)cc1. The normalized spacial score (nSPS) is 10.6. The molecule has 4 nitrogen and oxygen atoms in total. The Balaban J connectivity index is 1.65. The minimum Gasteiger partial charge on any atom is -0.378 e. The molecule has 0 atom stereocenters. The van der Waals surface area contributed by atoms with Crippen molar-refractivity contribution in [3.05, 3.63) is 48.5 Å². The highest BCUT2D eigenvalue weighted by atomic mass is 15.1. The first-order valence-corrected chi connectivity index (χ1v) is 6.79. The highest BCUT2D eigenvalue weighted by molar-refractivity contribution is 5.45. The summed E-state index contributed by atoms with van der Waals surface area (Å²) in [5, 5.41) is 2.36. The van der Waals surface area contributed by atoms with Crippen molar-refractivity contribution >= 4 is 5.69 Å². The fraction of sp³-hybridized carbons (Fsp3) is 0.400. The van der Waals surface area contributed by atoms with Crippen molar-refractivity contribution in [2.75, 3.05) is 25.5 Å². The third-order valence-corrected chi connectivity index (χ3v) is 3.22. The van der Waals surface area contributed by atoms with Crippen LogP contribution in [0.1, 0.15) is 12.0 Å². The van der Waals surface area contributed by atoms with Crippen LogP contribution in [-0.2, 0) is 13.1 Å². The third kappa shape index (κ3) is 4.41. The van der Waals surface area contributed by atoms with E-state index in [4.69, 9.17) is 0 Å². The van der Waals surface area contributed by atoms with Crippen LogP contribution in [-0.4, -0.2) is 30.2 Å². The standard InChI is InChI=1S/C15H22N4/c1-18(2)15-6-4-14(5-7-15)12-16-8-3-10-19-11-9-17-13-19/h4-7,9,11,13,16H,3,8,10,12H2,1-2H3/p+1. The molecule has 0 bridgehead atoms. The number of benzene rings is 1. The van der Waals surface area contributed by atoms with Crippen LogP contribution in [0.2, 0.25) is 0 Å². The lowest BCUT2D eigenvalue weighted by atomic mass is 10.2. The Bertz CT molecular complexity index is 459. The summed E-state index contributed by atoms with van der Waals surface area (Å²) >= 11 is 0. The van der Waals surface area contributed by atoms with Gasteiger partial charge in [0, 0.05) is 50.7 Å². The average Bonchev–Trinajstić information content (AvgIpc) is 2.92. The molecule has 102 valence electrons. The van der Waals surface area contributed by atoms with Crippen molar-refractivity contribution in [1.29, 1.82) is 0 Å². The smallest absolute Gasteiger partial charge is 0.101 e. The quantitative estimate of drug-likeness (QED) is 0.756. The number of nitrogens with two attached hydrogens (primary N) is 1. The van der Waals surface area contributed by atoms with E-state index in [2.05, 4.69) is 58.1 Å². The topological polar surface area (TPSA) is 37.7 Å². The summed E-state index contributed by atoms with van der Waals surface area (Å²) in [5.41, 5.74) is 2.64. The van der Waals surface area contributed by atoms with Crippen molar-refractivity contribution in [2.24, 2.45) is 0 Å². The number of rotatable bonds is 7. The van der Waals surface area contributed by atoms with Gasteiger partial charge >= 0.3 is 0 Å². The van der Waals surface area contributed by atoms with E-state index in [1.807, 2.05) is 18.7 Å². The largest absolute Gasteiger partial charge is 0.378 e. The van der Waals surface area contributed by atoms with Gasteiger partial charge in [-0.25, -0.2) is 4.98 Å². The van der Waals surface area contributed by atoms with Gasteiger partial charge in [0.05, 0.1) is 12.9 Å². The van der Waals surface area contributed by atoms with Crippen LogP contribution < -0.4 is 10.2 Å². The number of aromatic nitrogens is 2. The molecule has 2 N–H and O–H groups in total. The molecule has 0 saturated carbocycles.